The van der Waals surface area contributed by atoms with Gasteiger partial charge in [-0.15, -0.1) is 0 Å². The molecule has 0 radical (unpaired) electrons. The van der Waals surface area contributed by atoms with Gasteiger partial charge in [-0.2, -0.15) is 5.26 Å². The number of hydrogen-bond acceptors (Lipinski definition) is 4. The zero-order valence-electron chi connectivity index (χ0n) is 13.3. The summed E-state index contributed by atoms with van der Waals surface area (Å²) in [5.74, 6) is 0.0471. The molecule has 0 N–H and O–H groups in total. The van der Waals surface area contributed by atoms with Crippen LogP contribution in [0.1, 0.15) is 17.5 Å². The number of rotatable bonds is 5. The van der Waals surface area contributed by atoms with Gasteiger partial charge in [0.25, 0.3) is 0 Å². The zero-order valence-corrected chi connectivity index (χ0v) is 13.3. The summed E-state index contributed by atoms with van der Waals surface area (Å²) in [4.78, 5) is 16.6. The molecule has 5 nitrogen and oxygen atoms in total. The highest BCUT2D eigenvalue weighted by Crippen LogP contribution is 2.23. The molecule has 5 heteroatoms. The number of ether oxygens (including phenoxy) is 1. The average molecular weight is 301 g/mol. The van der Waals surface area contributed by atoms with Crippen molar-refractivity contribution in [2.45, 2.75) is 20.3 Å². The molecule has 0 atom stereocenters. The highest BCUT2D eigenvalue weighted by molar-refractivity contribution is 5.95. The monoisotopic (exact) mass is 301 g/mol. The molecule has 0 saturated carbocycles. The Morgan fingerprint density at radius 1 is 1.36 bits per heavy atom. The predicted molar refractivity (Wildman–Crippen MR) is 85.8 cm³/mol. The van der Waals surface area contributed by atoms with Gasteiger partial charge < -0.3 is 9.64 Å². The van der Waals surface area contributed by atoms with Crippen LogP contribution in [0.5, 0.6) is 0 Å². The van der Waals surface area contributed by atoms with E-state index < -0.39 is 0 Å². The lowest BCUT2D eigenvalue weighted by Crippen LogP contribution is -2.45. The largest absolute Gasteiger partial charge is 0.379 e. The number of carbonyl (C=O) groups is 1. The fraction of sp³-hybridized carbons (Fsp3) is 0.529. The first-order chi connectivity index (χ1) is 10.6. The van der Waals surface area contributed by atoms with Crippen LogP contribution in [0.25, 0.3) is 0 Å². The standard InChI is InChI=1S/C17H23N3O2/c1-14-5-3-6-16(15(14)2)20(8-4-7-18)17(21)13-19-9-11-22-12-10-19/h3,5-6H,4,8-13H2,1-2H3. The van der Waals surface area contributed by atoms with Gasteiger partial charge in [-0.3, -0.25) is 9.69 Å². The predicted octanol–water partition coefficient (Wildman–Crippen LogP) is 1.88. The minimum absolute atomic E-state index is 0.0471. The van der Waals surface area contributed by atoms with Crippen LogP contribution < -0.4 is 4.90 Å². The van der Waals surface area contributed by atoms with E-state index in [1.54, 1.807) is 4.90 Å². The first kappa shape index (κ1) is 16.5. The van der Waals surface area contributed by atoms with Crippen LogP contribution in [-0.4, -0.2) is 50.2 Å². The van der Waals surface area contributed by atoms with E-state index >= 15 is 0 Å². The first-order valence-electron chi connectivity index (χ1n) is 7.67. The van der Waals surface area contributed by atoms with Crippen LogP contribution in [0, 0.1) is 25.2 Å². The van der Waals surface area contributed by atoms with E-state index in [0.717, 1.165) is 29.9 Å². The number of anilines is 1. The summed E-state index contributed by atoms with van der Waals surface area (Å²) in [7, 11) is 0. The van der Waals surface area contributed by atoms with Gasteiger partial charge in [-0.1, -0.05) is 12.1 Å². The average Bonchev–Trinajstić information content (AvgIpc) is 2.52. The lowest BCUT2D eigenvalue weighted by Gasteiger charge is -2.30. The Hall–Kier alpha value is -1.90. The summed E-state index contributed by atoms with van der Waals surface area (Å²) in [6.07, 6.45) is 0.336. The molecule has 1 amide bonds. The Morgan fingerprint density at radius 2 is 2.09 bits per heavy atom. The van der Waals surface area contributed by atoms with E-state index in [9.17, 15) is 4.79 Å². The van der Waals surface area contributed by atoms with Gasteiger partial charge >= 0.3 is 0 Å². The number of nitrogens with zero attached hydrogens (tertiary/aromatic N) is 3. The Bertz CT molecular complexity index is 560. The van der Waals surface area contributed by atoms with Gasteiger partial charge in [0.2, 0.25) is 5.91 Å². The molecule has 0 spiro atoms. The van der Waals surface area contributed by atoms with Crippen molar-refractivity contribution in [2.75, 3.05) is 44.3 Å². The molecule has 1 aliphatic heterocycles. The molecule has 0 bridgehead atoms. The summed E-state index contributed by atoms with van der Waals surface area (Å²) in [6, 6.07) is 8.08. The van der Waals surface area contributed by atoms with Gasteiger partial charge in [0, 0.05) is 25.3 Å². The molecule has 118 valence electrons. The van der Waals surface area contributed by atoms with Gasteiger partial charge in [-0.25, -0.2) is 0 Å². The minimum atomic E-state index is 0.0471. The Balaban J connectivity index is 2.15. The van der Waals surface area contributed by atoms with Crippen LogP contribution in [0.4, 0.5) is 5.69 Å². The third-order valence-corrected chi connectivity index (χ3v) is 4.08. The maximum Gasteiger partial charge on any atom is 0.241 e. The van der Waals surface area contributed by atoms with E-state index in [2.05, 4.69) is 11.0 Å². The van der Waals surface area contributed by atoms with Crippen molar-refractivity contribution >= 4 is 11.6 Å². The maximum absolute atomic E-state index is 12.7. The second-order valence-corrected chi connectivity index (χ2v) is 5.56. The minimum Gasteiger partial charge on any atom is -0.379 e. The molecule has 1 aliphatic rings. The molecular weight excluding hydrogens is 278 g/mol. The van der Waals surface area contributed by atoms with Crippen molar-refractivity contribution in [3.05, 3.63) is 29.3 Å². The molecule has 0 aromatic heterocycles. The number of morpholine rings is 1. The van der Waals surface area contributed by atoms with Crippen molar-refractivity contribution in [1.29, 1.82) is 5.26 Å². The van der Waals surface area contributed by atoms with Crippen molar-refractivity contribution in [3.63, 3.8) is 0 Å². The highest BCUT2D eigenvalue weighted by Gasteiger charge is 2.21. The van der Waals surface area contributed by atoms with Gasteiger partial charge in [-0.05, 0) is 31.0 Å². The Labute approximate surface area is 132 Å². The molecule has 1 fully saturated rings. The number of hydrogen-bond donors (Lipinski definition) is 0. The lowest BCUT2D eigenvalue weighted by atomic mass is 10.1. The van der Waals surface area contributed by atoms with E-state index in [1.165, 1.54) is 0 Å². The molecule has 1 aromatic carbocycles. The maximum atomic E-state index is 12.7. The topological polar surface area (TPSA) is 56.6 Å². The summed E-state index contributed by atoms with van der Waals surface area (Å²) in [5.41, 5.74) is 3.16. The molecule has 0 unspecified atom stereocenters. The molecular formula is C17H23N3O2. The molecule has 1 saturated heterocycles. The van der Waals surface area contributed by atoms with E-state index in [0.29, 0.717) is 32.7 Å². The number of carbonyl (C=O) groups excluding carboxylic acids is 1. The van der Waals surface area contributed by atoms with E-state index in [-0.39, 0.29) is 5.91 Å². The summed E-state index contributed by atoms with van der Waals surface area (Å²) in [5, 5.41) is 8.87. The zero-order chi connectivity index (χ0) is 15.9. The molecule has 0 aliphatic carbocycles. The SMILES string of the molecule is Cc1cccc(N(CCC#N)C(=O)CN2CCOCC2)c1C. The van der Waals surface area contributed by atoms with Crippen LogP contribution in [-0.2, 0) is 9.53 Å². The normalized spacial score (nSPS) is 15.3. The number of amides is 1. The number of aryl methyl sites for hydroxylation is 1. The number of benzene rings is 1. The second kappa shape index (κ2) is 7.92. The van der Waals surface area contributed by atoms with Gasteiger partial charge in [0.1, 0.15) is 0 Å². The fourth-order valence-corrected chi connectivity index (χ4v) is 2.61. The second-order valence-electron chi connectivity index (χ2n) is 5.56. The van der Waals surface area contributed by atoms with Crippen LogP contribution in [0.2, 0.25) is 0 Å². The smallest absolute Gasteiger partial charge is 0.241 e. The molecule has 1 heterocycles. The van der Waals surface area contributed by atoms with Crippen LogP contribution in [0.3, 0.4) is 0 Å². The summed E-state index contributed by atoms with van der Waals surface area (Å²) >= 11 is 0. The Kier molecular flexibility index (Phi) is 5.93. The Morgan fingerprint density at radius 3 is 2.77 bits per heavy atom. The van der Waals surface area contributed by atoms with Crippen LogP contribution >= 0.6 is 0 Å². The third kappa shape index (κ3) is 4.06. The van der Waals surface area contributed by atoms with Gasteiger partial charge in [0.05, 0.1) is 32.2 Å². The van der Waals surface area contributed by atoms with E-state index in [1.807, 2.05) is 32.0 Å². The molecule has 2 rings (SSSR count). The lowest BCUT2D eigenvalue weighted by molar-refractivity contribution is -0.120. The quantitative estimate of drug-likeness (QED) is 0.833. The third-order valence-electron chi connectivity index (χ3n) is 4.08. The fourth-order valence-electron chi connectivity index (χ4n) is 2.61. The van der Waals surface area contributed by atoms with Crippen molar-refractivity contribution in [1.82, 2.24) is 4.90 Å². The van der Waals surface area contributed by atoms with E-state index in [4.69, 9.17) is 10.00 Å². The van der Waals surface area contributed by atoms with Crippen LogP contribution in [0.15, 0.2) is 18.2 Å². The summed E-state index contributed by atoms with van der Waals surface area (Å²) in [6.45, 7) is 7.78. The number of nitriles is 1. The highest BCUT2D eigenvalue weighted by atomic mass is 16.5. The molecule has 1 aromatic rings. The van der Waals surface area contributed by atoms with Crippen molar-refractivity contribution in [2.24, 2.45) is 0 Å². The first-order valence-corrected chi connectivity index (χ1v) is 7.67. The molecule has 22 heavy (non-hydrogen) atoms. The summed E-state index contributed by atoms with van der Waals surface area (Å²) < 4.78 is 5.32. The van der Waals surface area contributed by atoms with Crippen molar-refractivity contribution in [3.8, 4) is 6.07 Å². The van der Waals surface area contributed by atoms with Gasteiger partial charge in [0.15, 0.2) is 0 Å². The van der Waals surface area contributed by atoms with Crippen molar-refractivity contribution < 1.29 is 9.53 Å².